The molecule has 3 aromatic rings. The monoisotopic (exact) mass is 368 g/mol. The third-order valence-electron chi connectivity index (χ3n) is 4.42. The molecule has 0 saturated carbocycles. The fourth-order valence-corrected chi connectivity index (χ4v) is 3.49. The van der Waals surface area contributed by atoms with Crippen molar-refractivity contribution >= 4 is 22.5 Å². The summed E-state index contributed by atoms with van der Waals surface area (Å²) >= 11 is 6.09. The van der Waals surface area contributed by atoms with Crippen molar-refractivity contribution in [1.82, 2.24) is 9.97 Å². The first-order valence-electron chi connectivity index (χ1n) is 9.08. The number of aromatic nitrogens is 2. The number of hydrogen-bond donors (Lipinski definition) is 0. The Balaban J connectivity index is 1.84. The van der Waals surface area contributed by atoms with E-state index < -0.39 is 0 Å². The molecule has 3 rings (SSSR count). The summed E-state index contributed by atoms with van der Waals surface area (Å²) in [6, 6.07) is 9.92. The zero-order valence-electron chi connectivity index (χ0n) is 15.8. The van der Waals surface area contributed by atoms with E-state index in [1.807, 2.05) is 37.4 Å². The van der Waals surface area contributed by atoms with Crippen LogP contribution in [0.3, 0.4) is 0 Å². The minimum absolute atomic E-state index is 0.518. The van der Waals surface area contributed by atoms with Crippen molar-refractivity contribution in [2.24, 2.45) is 11.8 Å². The third kappa shape index (κ3) is 4.34. The van der Waals surface area contributed by atoms with Crippen molar-refractivity contribution in [2.45, 2.75) is 34.1 Å². The topological polar surface area (TPSA) is 35.0 Å². The Morgan fingerprint density at radius 1 is 1.08 bits per heavy atom. The molecule has 2 aromatic heterocycles. The molecule has 4 heteroatoms. The van der Waals surface area contributed by atoms with Gasteiger partial charge in [-0.15, -0.1) is 0 Å². The van der Waals surface area contributed by atoms with E-state index in [1.54, 1.807) is 6.20 Å². The zero-order chi connectivity index (χ0) is 18.7. The Morgan fingerprint density at radius 2 is 1.88 bits per heavy atom. The molecule has 0 aliphatic heterocycles. The molecular formula is C22H25ClN2O. The van der Waals surface area contributed by atoms with E-state index >= 15 is 0 Å². The van der Waals surface area contributed by atoms with Crippen LogP contribution in [-0.2, 0) is 0 Å². The fraction of sp³-hybridized carbons (Fsp3) is 0.364. The van der Waals surface area contributed by atoms with Gasteiger partial charge in [-0.1, -0.05) is 38.4 Å². The summed E-state index contributed by atoms with van der Waals surface area (Å²) in [5.41, 5.74) is 4.08. The lowest BCUT2D eigenvalue weighted by Gasteiger charge is -2.16. The summed E-state index contributed by atoms with van der Waals surface area (Å²) in [6.07, 6.45) is 4.84. The van der Waals surface area contributed by atoms with Gasteiger partial charge in [0.05, 0.1) is 12.1 Å². The smallest absolute Gasteiger partial charge is 0.216 e. The van der Waals surface area contributed by atoms with Gasteiger partial charge in [0, 0.05) is 33.9 Å². The highest BCUT2D eigenvalue weighted by Crippen LogP contribution is 2.30. The van der Waals surface area contributed by atoms with Crippen molar-refractivity contribution in [2.75, 3.05) is 6.61 Å². The van der Waals surface area contributed by atoms with Crippen LogP contribution >= 0.6 is 11.6 Å². The molecule has 3 nitrogen and oxygen atoms in total. The Morgan fingerprint density at radius 3 is 2.62 bits per heavy atom. The predicted molar refractivity (Wildman–Crippen MR) is 109 cm³/mol. The number of ether oxygens (including phenoxy) is 1. The number of nitrogens with zero attached hydrogens (tertiary/aromatic N) is 2. The van der Waals surface area contributed by atoms with Crippen LogP contribution in [0.25, 0.3) is 22.0 Å². The summed E-state index contributed by atoms with van der Waals surface area (Å²) in [7, 11) is 0. The average molecular weight is 369 g/mol. The Kier molecular flexibility index (Phi) is 5.77. The number of aryl methyl sites for hydroxylation is 1. The Hall–Kier alpha value is -2.13. The number of fused-ring (bicyclic) bond motifs is 1. The number of pyridine rings is 2. The lowest BCUT2D eigenvalue weighted by atomic mass is 10.00. The van der Waals surface area contributed by atoms with Crippen LogP contribution in [-0.4, -0.2) is 16.6 Å². The molecule has 0 bridgehead atoms. The predicted octanol–water partition coefficient (Wildman–Crippen LogP) is 6.32. The SMILES string of the molecule is Cc1cc(-c2ccnc3cc(Cl)ccc23)cnc1OCC(C)CC(C)C. The van der Waals surface area contributed by atoms with Gasteiger partial charge < -0.3 is 4.74 Å². The van der Waals surface area contributed by atoms with E-state index in [-0.39, 0.29) is 0 Å². The van der Waals surface area contributed by atoms with Crippen molar-refractivity contribution in [3.63, 3.8) is 0 Å². The quantitative estimate of drug-likeness (QED) is 0.510. The molecule has 0 N–H and O–H groups in total. The van der Waals surface area contributed by atoms with Gasteiger partial charge in [-0.05, 0) is 55.0 Å². The molecule has 0 amide bonds. The molecule has 1 atom stereocenters. The average Bonchev–Trinajstić information content (AvgIpc) is 2.59. The Labute approximate surface area is 160 Å². The van der Waals surface area contributed by atoms with E-state index in [1.165, 1.54) is 0 Å². The van der Waals surface area contributed by atoms with Gasteiger partial charge in [0.2, 0.25) is 5.88 Å². The lowest BCUT2D eigenvalue weighted by Crippen LogP contribution is -2.12. The summed E-state index contributed by atoms with van der Waals surface area (Å²) in [6.45, 7) is 9.43. The molecule has 0 aliphatic carbocycles. The minimum atomic E-state index is 0.518. The minimum Gasteiger partial charge on any atom is -0.477 e. The molecule has 26 heavy (non-hydrogen) atoms. The standard InChI is InChI=1S/C22H25ClN2O/c1-14(2)9-15(3)13-26-22-16(4)10-17(12-25-22)19-7-8-24-21-11-18(23)5-6-20(19)21/h5-8,10-12,14-15H,9,13H2,1-4H3. The van der Waals surface area contributed by atoms with Crippen molar-refractivity contribution in [3.05, 3.63) is 53.3 Å². The van der Waals surface area contributed by atoms with Crippen LogP contribution in [0.4, 0.5) is 0 Å². The first-order chi connectivity index (χ1) is 12.4. The second-order valence-corrected chi connectivity index (χ2v) is 7.85. The highest BCUT2D eigenvalue weighted by molar-refractivity contribution is 6.31. The Bertz CT molecular complexity index is 908. The normalized spacial score (nSPS) is 12.5. The van der Waals surface area contributed by atoms with E-state index in [9.17, 15) is 0 Å². The van der Waals surface area contributed by atoms with Gasteiger partial charge in [-0.25, -0.2) is 4.98 Å². The summed E-state index contributed by atoms with van der Waals surface area (Å²) in [5, 5.41) is 1.76. The number of hydrogen-bond acceptors (Lipinski definition) is 3. The van der Waals surface area contributed by atoms with Gasteiger partial charge in [-0.3, -0.25) is 4.98 Å². The summed E-state index contributed by atoms with van der Waals surface area (Å²) in [4.78, 5) is 8.97. The molecule has 1 unspecified atom stereocenters. The van der Waals surface area contributed by atoms with Crippen molar-refractivity contribution < 1.29 is 4.74 Å². The van der Waals surface area contributed by atoms with Crippen molar-refractivity contribution in [3.8, 4) is 17.0 Å². The molecule has 1 aromatic carbocycles. The molecular weight excluding hydrogens is 344 g/mol. The molecule has 2 heterocycles. The first kappa shape index (κ1) is 18.7. The maximum atomic E-state index is 6.09. The molecule has 0 fully saturated rings. The van der Waals surface area contributed by atoms with Crippen LogP contribution in [0.1, 0.15) is 32.8 Å². The van der Waals surface area contributed by atoms with Gasteiger partial charge in [0.1, 0.15) is 0 Å². The second-order valence-electron chi connectivity index (χ2n) is 7.41. The molecule has 136 valence electrons. The van der Waals surface area contributed by atoms with Crippen molar-refractivity contribution in [1.29, 1.82) is 0 Å². The maximum Gasteiger partial charge on any atom is 0.216 e. The molecule has 0 aliphatic rings. The number of halogens is 1. The second kappa shape index (κ2) is 8.05. The van der Waals surface area contributed by atoms with Crippen LogP contribution in [0.2, 0.25) is 5.02 Å². The highest BCUT2D eigenvalue weighted by atomic mass is 35.5. The van der Waals surface area contributed by atoms with E-state index in [0.717, 1.165) is 34.0 Å². The fourth-order valence-electron chi connectivity index (χ4n) is 3.33. The van der Waals surface area contributed by atoms with Gasteiger partial charge in [0.15, 0.2) is 0 Å². The van der Waals surface area contributed by atoms with E-state index in [4.69, 9.17) is 16.3 Å². The van der Waals surface area contributed by atoms with Gasteiger partial charge in [-0.2, -0.15) is 0 Å². The zero-order valence-corrected chi connectivity index (χ0v) is 16.5. The number of rotatable bonds is 6. The largest absolute Gasteiger partial charge is 0.477 e. The van der Waals surface area contributed by atoms with E-state index in [0.29, 0.717) is 29.3 Å². The number of benzene rings is 1. The van der Waals surface area contributed by atoms with Crippen LogP contribution < -0.4 is 4.74 Å². The van der Waals surface area contributed by atoms with Crippen LogP contribution in [0, 0.1) is 18.8 Å². The van der Waals surface area contributed by atoms with Crippen LogP contribution in [0.15, 0.2) is 42.7 Å². The molecule has 0 radical (unpaired) electrons. The maximum absolute atomic E-state index is 6.09. The van der Waals surface area contributed by atoms with E-state index in [2.05, 4.69) is 36.8 Å². The molecule has 0 spiro atoms. The third-order valence-corrected chi connectivity index (χ3v) is 4.66. The first-order valence-corrected chi connectivity index (χ1v) is 9.46. The summed E-state index contributed by atoms with van der Waals surface area (Å²) < 4.78 is 5.95. The lowest BCUT2D eigenvalue weighted by molar-refractivity contribution is 0.230. The highest BCUT2D eigenvalue weighted by Gasteiger charge is 2.11. The summed E-state index contributed by atoms with van der Waals surface area (Å²) in [5.74, 6) is 1.91. The van der Waals surface area contributed by atoms with Gasteiger partial charge >= 0.3 is 0 Å². The van der Waals surface area contributed by atoms with Crippen LogP contribution in [0.5, 0.6) is 5.88 Å². The van der Waals surface area contributed by atoms with Gasteiger partial charge in [0.25, 0.3) is 0 Å². The molecule has 0 saturated heterocycles.